The Hall–Kier alpha value is -1.59. The van der Waals surface area contributed by atoms with Crippen LogP contribution in [0.3, 0.4) is 0 Å². The highest BCUT2D eigenvalue weighted by molar-refractivity contribution is 5.87. The fraction of sp³-hybridized carbons (Fsp3) is 0.533. The maximum Gasteiger partial charge on any atom is 0.335 e. The number of hydrogen-bond acceptors (Lipinski definition) is 4. The average Bonchev–Trinajstić information content (AvgIpc) is 2.46. The van der Waals surface area contributed by atoms with E-state index in [2.05, 4.69) is 4.90 Å². The molecule has 2 rings (SSSR count). The Morgan fingerprint density at radius 3 is 2.50 bits per heavy atom. The molecule has 0 amide bonds. The van der Waals surface area contributed by atoms with Crippen molar-refractivity contribution >= 4 is 5.97 Å². The Morgan fingerprint density at radius 2 is 1.90 bits per heavy atom. The van der Waals surface area contributed by atoms with Crippen molar-refractivity contribution < 1.29 is 19.7 Å². The van der Waals surface area contributed by atoms with Gasteiger partial charge in [-0.3, -0.25) is 0 Å². The molecule has 0 spiro atoms. The van der Waals surface area contributed by atoms with Crippen LogP contribution in [0, 0.1) is 0 Å². The van der Waals surface area contributed by atoms with E-state index in [0.29, 0.717) is 12.4 Å². The van der Waals surface area contributed by atoms with Crippen molar-refractivity contribution in [3.8, 4) is 5.75 Å². The number of carboxylic acid groups (broad SMARTS) is 1. The maximum absolute atomic E-state index is 10.7. The molecule has 0 aliphatic carbocycles. The second-order valence-corrected chi connectivity index (χ2v) is 5.10. The molecular formula is C15H21NO4. The van der Waals surface area contributed by atoms with Crippen molar-refractivity contribution in [2.45, 2.75) is 25.4 Å². The zero-order valence-corrected chi connectivity index (χ0v) is 11.5. The second kappa shape index (κ2) is 7.26. The summed E-state index contributed by atoms with van der Waals surface area (Å²) in [4.78, 5) is 13.0. The van der Waals surface area contributed by atoms with Crippen LogP contribution in [0.15, 0.2) is 24.3 Å². The monoisotopic (exact) mass is 279 g/mol. The number of nitrogens with zero attached hydrogens (tertiary/aromatic N) is 1. The summed E-state index contributed by atoms with van der Waals surface area (Å²) in [5, 5.41) is 18.2. The summed E-state index contributed by atoms with van der Waals surface area (Å²) in [7, 11) is 0. The van der Waals surface area contributed by atoms with E-state index in [1.165, 1.54) is 0 Å². The van der Waals surface area contributed by atoms with Crippen molar-refractivity contribution in [3.05, 3.63) is 29.8 Å². The van der Waals surface area contributed by atoms with Crippen molar-refractivity contribution in [1.29, 1.82) is 0 Å². The predicted octanol–water partition coefficient (Wildman–Crippen LogP) is 1.61. The molecule has 1 aromatic carbocycles. The molecule has 0 radical (unpaired) electrons. The van der Waals surface area contributed by atoms with E-state index >= 15 is 0 Å². The predicted molar refractivity (Wildman–Crippen MR) is 75.2 cm³/mol. The topological polar surface area (TPSA) is 70.0 Å². The first-order valence-corrected chi connectivity index (χ1v) is 7.02. The number of carbonyl (C=O) groups is 1. The number of piperidine rings is 1. The fourth-order valence-electron chi connectivity index (χ4n) is 2.31. The molecular weight excluding hydrogens is 258 g/mol. The third kappa shape index (κ3) is 4.51. The second-order valence-electron chi connectivity index (χ2n) is 5.10. The number of hydrogen-bond donors (Lipinski definition) is 2. The van der Waals surface area contributed by atoms with E-state index in [9.17, 15) is 9.90 Å². The van der Waals surface area contributed by atoms with Crippen molar-refractivity contribution in [2.24, 2.45) is 0 Å². The third-order valence-corrected chi connectivity index (χ3v) is 3.55. The van der Waals surface area contributed by atoms with E-state index in [4.69, 9.17) is 9.84 Å². The Balaban J connectivity index is 1.64. The SMILES string of the molecule is O=C(O)c1ccc(OCCCN2CCC(O)CC2)cc1. The van der Waals surface area contributed by atoms with E-state index in [1.54, 1.807) is 24.3 Å². The van der Waals surface area contributed by atoms with Gasteiger partial charge < -0.3 is 19.8 Å². The van der Waals surface area contributed by atoms with Gasteiger partial charge in [0.25, 0.3) is 0 Å². The minimum Gasteiger partial charge on any atom is -0.494 e. The van der Waals surface area contributed by atoms with Crippen LogP contribution in [0.5, 0.6) is 5.75 Å². The molecule has 1 aliphatic rings. The molecule has 1 saturated heterocycles. The lowest BCUT2D eigenvalue weighted by molar-refractivity contribution is 0.0696. The van der Waals surface area contributed by atoms with Gasteiger partial charge in [-0.1, -0.05) is 0 Å². The molecule has 1 aliphatic heterocycles. The molecule has 1 fully saturated rings. The number of likely N-dealkylation sites (tertiary alicyclic amines) is 1. The summed E-state index contributed by atoms with van der Waals surface area (Å²) in [5.74, 6) is -0.229. The molecule has 5 heteroatoms. The zero-order valence-electron chi connectivity index (χ0n) is 11.5. The molecule has 0 atom stereocenters. The van der Waals surface area contributed by atoms with Gasteiger partial charge in [-0.05, 0) is 43.5 Å². The van der Waals surface area contributed by atoms with Gasteiger partial charge in [-0.25, -0.2) is 4.79 Å². The number of aliphatic hydroxyl groups excluding tert-OH is 1. The first kappa shape index (κ1) is 14.8. The van der Waals surface area contributed by atoms with Crippen LogP contribution in [-0.2, 0) is 0 Å². The number of aliphatic hydroxyl groups is 1. The minimum atomic E-state index is -0.927. The Bertz CT molecular complexity index is 424. The summed E-state index contributed by atoms with van der Waals surface area (Å²) in [6, 6.07) is 6.45. The van der Waals surface area contributed by atoms with Crippen LogP contribution in [0.1, 0.15) is 29.6 Å². The molecule has 20 heavy (non-hydrogen) atoms. The standard InChI is InChI=1S/C15H21NO4/c17-13-6-9-16(10-7-13)8-1-11-20-14-4-2-12(3-5-14)15(18)19/h2-5,13,17H,1,6-11H2,(H,18,19). The highest BCUT2D eigenvalue weighted by atomic mass is 16.5. The summed E-state index contributed by atoms with van der Waals surface area (Å²) < 4.78 is 5.58. The zero-order chi connectivity index (χ0) is 14.4. The lowest BCUT2D eigenvalue weighted by atomic mass is 10.1. The molecule has 5 nitrogen and oxygen atoms in total. The number of ether oxygens (including phenoxy) is 1. The van der Waals surface area contributed by atoms with Crippen LogP contribution in [0.2, 0.25) is 0 Å². The van der Waals surface area contributed by atoms with Crippen LogP contribution in [0.25, 0.3) is 0 Å². The summed E-state index contributed by atoms with van der Waals surface area (Å²) in [6.07, 6.45) is 2.52. The Morgan fingerprint density at radius 1 is 1.25 bits per heavy atom. The van der Waals surface area contributed by atoms with Crippen LogP contribution < -0.4 is 4.74 Å². The van der Waals surface area contributed by atoms with Crippen molar-refractivity contribution in [1.82, 2.24) is 4.90 Å². The van der Waals surface area contributed by atoms with E-state index < -0.39 is 5.97 Å². The van der Waals surface area contributed by atoms with Crippen LogP contribution in [-0.4, -0.2) is 53.4 Å². The summed E-state index contributed by atoms with van der Waals surface area (Å²) in [5.41, 5.74) is 0.268. The molecule has 2 N–H and O–H groups in total. The van der Waals surface area contributed by atoms with Crippen LogP contribution >= 0.6 is 0 Å². The van der Waals surface area contributed by atoms with Gasteiger partial charge in [0.15, 0.2) is 0 Å². The van der Waals surface area contributed by atoms with Gasteiger partial charge in [0.05, 0.1) is 18.3 Å². The fourth-order valence-corrected chi connectivity index (χ4v) is 2.31. The maximum atomic E-state index is 10.7. The van der Waals surface area contributed by atoms with Gasteiger partial charge >= 0.3 is 5.97 Å². The Kier molecular flexibility index (Phi) is 5.38. The first-order chi connectivity index (χ1) is 9.65. The van der Waals surface area contributed by atoms with E-state index in [1.807, 2.05) is 0 Å². The highest BCUT2D eigenvalue weighted by Crippen LogP contribution is 2.13. The molecule has 0 unspecified atom stereocenters. The third-order valence-electron chi connectivity index (χ3n) is 3.55. The van der Waals surface area contributed by atoms with Gasteiger partial charge in [0.2, 0.25) is 0 Å². The number of aromatic carboxylic acids is 1. The number of carboxylic acids is 1. The van der Waals surface area contributed by atoms with Gasteiger partial charge in [0.1, 0.15) is 5.75 Å². The average molecular weight is 279 g/mol. The molecule has 1 aromatic rings. The lowest BCUT2D eigenvalue weighted by Gasteiger charge is -2.29. The van der Waals surface area contributed by atoms with Gasteiger partial charge in [-0.2, -0.15) is 0 Å². The molecule has 110 valence electrons. The number of benzene rings is 1. The smallest absolute Gasteiger partial charge is 0.335 e. The molecule has 0 aromatic heterocycles. The minimum absolute atomic E-state index is 0.129. The molecule has 0 bridgehead atoms. The summed E-state index contributed by atoms with van der Waals surface area (Å²) >= 11 is 0. The lowest BCUT2D eigenvalue weighted by Crippen LogP contribution is -2.36. The quantitative estimate of drug-likeness (QED) is 0.774. The molecule has 0 saturated carbocycles. The van der Waals surface area contributed by atoms with Gasteiger partial charge in [-0.15, -0.1) is 0 Å². The summed E-state index contributed by atoms with van der Waals surface area (Å²) in [6.45, 7) is 3.49. The van der Waals surface area contributed by atoms with E-state index in [0.717, 1.165) is 38.9 Å². The first-order valence-electron chi connectivity index (χ1n) is 7.02. The van der Waals surface area contributed by atoms with E-state index in [-0.39, 0.29) is 11.7 Å². The van der Waals surface area contributed by atoms with Gasteiger partial charge in [0, 0.05) is 19.6 Å². The largest absolute Gasteiger partial charge is 0.494 e. The van der Waals surface area contributed by atoms with Crippen molar-refractivity contribution in [2.75, 3.05) is 26.2 Å². The highest BCUT2D eigenvalue weighted by Gasteiger charge is 2.16. The Labute approximate surface area is 118 Å². The number of rotatable bonds is 6. The normalized spacial score (nSPS) is 17.1. The molecule has 1 heterocycles. The van der Waals surface area contributed by atoms with Crippen molar-refractivity contribution in [3.63, 3.8) is 0 Å². The van der Waals surface area contributed by atoms with Crippen LogP contribution in [0.4, 0.5) is 0 Å².